The van der Waals surface area contributed by atoms with Gasteiger partial charge in [0, 0.05) is 5.56 Å². The first-order chi connectivity index (χ1) is 14.0. The summed E-state index contributed by atoms with van der Waals surface area (Å²) in [5.41, 5.74) is 3.22. The molecule has 0 aliphatic heterocycles. The van der Waals surface area contributed by atoms with Crippen LogP contribution in [0.2, 0.25) is 0 Å². The van der Waals surface area contributed by atoms with Gasteiger partial charge in [-0.2, -0.15) is 0 Å². The first-order valence-corrected chi connectivity index (χ1v) is 10.5. The molecule has 1 aromatic heterocycles. The standard InChI is InChI=1S/C22H26N4O2S/c1-14(2)20(16-9-11-18(28-4)12-10-16)23-19(27)13-29-22-24-21(25-26-22)17-7-5-15(3)6-8-17/h5-12,14,20H,13H2,1-4H3,(H,23,27)(H,24,25,26). The van der Waals surface area contributed by atoms with Crippen molar-refractivity contribution in [2.24, 2.45) is 5.92 Å². The van der Waals surface area contributed by atoms with E-state index in [0.29, 0.717) is 11.0 Å². The van der Waals surface area contributed by atoms with E-state index in [4.69, 9.17) is 4.74 Å². The lowest BCUT2D eigenvalue weighted by molar-refractivity contribution is -0.119. The highest BCUT2D eigenvalue weighted by Crippen LogP contribution is 2.25. The molecule has 0 aliphatic carbocycles. The molecule has 1 amide bonds. The molecule has 0 fully saturated rings. The SMILES string of the molecule is COc1ccc(C(NC(=O)CSc2n[nH]c(-c3ccc(C)cc3)n2)C(C)C)cc1. The molecule has 1 unspecified atom stereocenters. The number of aromatic nitrogens is 3. The number of carbonyl (C=O) groups excluding carboxylic acids is 1. The predicted octanol–water partition coefficient (Wildman–Crippen LogP) is 4.39. The van der Waals surface area contributed by atoms with E-state index < -0.39 is 0 Å². The molecular formula is C22H26N4O2S. The van der Waals surface area contributed by atoms with Crippen LogP contribution in [0, 0.1) is 12.8 Å². The number of aromatic amines is 1. The van der Waals surface area contributed by atoms with Crippen molar-refractivity contribution in [3.8, 4) is 17.1 Å². The van der Waals surface area contributed by atoms with E-state index in [9.17, 15) is 4.79 Å². The minimum atomic E-state index is -0.0655. The fraction of sp³-hybridized carbons (Fsp3) is 0.318. The molecule has 3 aromatic rings. The van der Waals surface area contributed by atoms with Gasteiger partial charge in [-0.3, -0.25) is 9.89 Å². The first-order valence-electron chi connectivity index (χ1n) is 9.52. The second kappa shape index (κ2) is 9.60. The first kappa shape index (κ1) is 20.9. The number of ether oxygens (including phenoxy) is 1. The molecule has 1 atom stereocenters. The summed E-state index contributed by atoms with van der Waals surface area (Å²) in [6.07, 6.45) is 0. The van der Waals surface area contributed by atoms with Gasteiger partial charge in [-0.05, 0) is 30.5 Å². The van der Waals surface area contributed by atoms with Gasteiger partial charge in [0.1, 0.15) is 5.75 Å². The monoisotopic (exact) mass is 410 g/mol. The van der Waals surface area contributed by atoms with Crippen molar-refractivity contribution in [3.05, 3.63) is 59.7 Å². The summed E-state index contributed by atoms with van der Waals surface area (Å²) in [6.45, 7) is 6.22. The van der Waals surface area contributed by atoms with Gasteiger partial charge in [0.25, 0.3) is 0 Å². The third kappa shape index (κ3) is 5.60. The van der Waals surface area contributed by atoms with E-state index in [-0.39, 0.29) is 23.6 Å². The minimum Gasteiger partial charge on any atom is -0.497 e. The topological polar surface area (TPSA) is 79.9 Å². The van der Waals surface area contributed by atoms with E-state index in [1.54, 1.807) is 7.11 Å². The summed E-state index contributed by atoms with van der Waals surface area (Å²) in [7, 11) is 1.64. The molecule has 0 aliphatic rings. The number of nitrogens with one attached hydrogen (secondary N) is 2. The lowest BCUT2D eigenvalue weighted by atomic mass is 9.96. The normalized spacial score (nSPS) is 12.0. The molecule has 7 heteroatoms. The van der Waals surface area contributed by atoms with E-state index in [0.717, 1.165) is 16.9 Å². The Hall–Kier alpha value is -2.80. The van der Waals surface area contributed by atoms with E-state index in [1.165, 1.54) is 17.3 Å². The van der Waals surface area contributed by atoms with Gasteiger partial charge in [0.05, 0.1) is 18.9 Å². The Bertz CT molecular complexity index is 936. The Morgan fingerprint density at radius 2 is 1.83 bits per heavy atom. The van der Waals surface area contributed by atoms with Crippen molar-refractivity contribution < 1.29 is 9.53 Å². The molecule has 152 valence electrons. The van der Waals surface area contributed by atoms with Crippen molar-refractivity contribution in [1.29, 1.82) is 0 Å². The number of carbonyl (C=O) groups is 1. The van der Waals surface area contributed by atoms with Crippen molar-refractivity contribution >= 4 is 17.7 Å². The highest BCUT2D eigenvalue weighted by molar-refractivity contribution is 7.99. The summed E-state index contributed by atoms with van der Waals surface area (Å²) in [4.78, 5) is 17.0. The van der Waals surface area contributed by atoms with Crippen molar-refractivity contribution in [1.82, 2.24) is 20.5 Å². The zero-order chi connectivity index (χ0) is 20.8. The van der Waals surface area contributed by atoms with Gasteiger partial charge >= 0.3 is 0 Å². The number of H-pyrrole nitrogens is 1. The maximum absolute atomic E-state index is 12.5. The van der Waals surface area contributed by atoms with Crippen LogP contribution in [-0.2, 0) is 4.79 Å². The van der Waals surface area contributed by atoms with Gasteiger partial charge in [-0.1, -0.05) is 67.6 Å². The smallest absolute Gasteiger partial charge is 0.230 e. The summed E-state index contributed by atoms with van der Waals surface area (Å²) in [6, 6.07) is 15.8. The Morgan fingerprint density at radius 3 is 2.45 bits per heavy atom. The average Bonchev–Trinajstić information content (AvgIpc) is 3.20. The van der Waals surface area contributed by atoms with E-state index in [1.807, 2.05) is 55.5 Å². The summed E-state index contributed by atoms with van der Waals surface area (Å²) in [5, 5.41) is 10.8. The predicted molar refractivity (Wildman–Crippen MR) is 116 cm³/mol. The molecule has 0 saturated carbocycles. The van der Waals surface area contributed by atoms with Crippen LogP contribution >= 0.6 is 11.8 Å². The van der Waals surface area contributed by atoms with Crippen molar-refractivity contribution in [2.45, 2.75) is 32.0 Å². The fourth-order valence-corrected chi connectivity index (χ4v) is 3.55. The van der Waals surface area contributed by atoms with Crippen molar-refractivity contribution in [2.75, 3.05) is 12.9 Å². The summed E-state index contributed by atoms with van der Waals surface area (Å²) in [5.74, 6) is 1.96. The average molecular weight is 411 g/mol. The Kier molecular flexibility index (Phi) is 6.93. The Morgan fingerprint density at radius 1 is 1.14 bits per heavy atom. The molecular weight excluding hydrogens is 384 g/mol. The van der Waals surface area contributed by atoms with Gasteiger partial charge in [0.2, 0.25) is 11.1 Å². The zero-order valence-corrected chi connectivity index (χ0v) is 17.9. The lowest BCUT2D eigenvalue weighted by Gasteiger charge is -2.23. The van der Waals surface area contributed by atoms with E-state index in [2.05, 4.69) is 34.3 Å². The lowest BCUT2D eigenvalue weighted by Crippen LogP contribution is -2.33. The molecule has 0 bridgehead atoms. The van der Waals surface area contributed by atoms with Gasteiger partial charge in [0.15, 0.2) is 5.82 Å². The van der Waals surface area contributed by atoms with Crippen LogP contribution in [0.1, 0.15) is 31.0 Å². The van der Waals surface area contributed by atoms with Crippen LogP contribution in [0.5, 0.6) is 5.75 Å². The highest BCUT2D eigenvalue weighted by Gasteiger charge is 2.19. The number of aryl methyl sites for hydroxylation is 1. The van der Waals surface area contributed by atoms with Gasteiger partial charge in [-0.15, -0.1) is 5.10 Å². The molecule has 1 heterocycles. The number of hydrogen-bond acceptors (Lipinski definition) is 5. The number of thioether (sulfide) groups is 1. The minimum absolute atomic E-state index is 0.0498. The maximum atomic E-state index is 12.5. The number of methoxy groups -OCH3 is 1. The van der Waals surface area contributed by atoms with Gasteiger partial charge < -0.3 is 10.1 Å². The van der Waals surface area contributed by atoms with Crippen LogP contribution in [-0.4, -0.2) is 34.0 Å². The molecule has 29 heavy (non-hydrogen) atoms. The summed E-state index contributed by atoms with van der Waals surface area (Å²) < 4.78 is 5.21. The largest absolute Gasteiger partial charge is 0.497 e. The molecule has 2 aromatic carbocycles. The molecule has 0 saturated heterocycles. The second-order valence-electron chi connectivity index (χ2n) is 7.18. The highest BCUT2D eigenvalue weighted by atomic mass is 32.2. The van der Waals surface area contributed by atoms with Crippen LogP contribution in [0.25, 0.3) is 11.4 Å². The molecule has 2 N–H and O–H groups in total. The Balaban J connectivity index is 1.58. The number of nitrogens with zero attached hydrogens (tertiary/aromatic N) is 2. The zero-order valence-electron chi connectivity index (χ0n) is 17.1. The van der Waals surface area contributed by atoms with Crippen molar-refractivity contribution in [3.63, 3.8) is 0 Å². The third-order valence-corrected chi connectivity index (χ3v) is 5.43. The Labute approximate surface area is 175 Å². The van der Waals surface area contributed by atoms with Crippen LogP contribution in [0.3, 0.4) is 0 Å². The number of hydrogen-bond donors (Lipinski definition) is 2. The fourth-order valence-electron chi connectivity index (χ4n) is 2.94. The summed E-state index contributed by atoms with van der Waals surface area (Å²) >= 11 is 1.32. The number of amides is 1. The molecule has 0 radical (unpaired) electrons. The van der Waals surface area contributed by atoms with Crippen LogP contribution < -0.4 is 10.1 Å². The molecule has 0 spiro atoms. The molecule has 6 nitrogen and oxygen atoms in total. The van der Waals surface area contributed by atoms with E-state index >= 15 is 0 Å². The quantitative estimate of drug-likeness (QED) is 0.538. The second-order valence-corrected chi connectivity index (χ2v) is 8.13. The maximum Gasteiger partial charge on any atom is 0.230 e. The third-order valence-electron chi connectivity index (χ3n) is 4.58. The molecule has 3 rings (SSSR count). The van der Waals surface area contributed by atoms with Crippen LogP contribution in [0.4, 0.5) is 0 Å². The number of benzene rings is 2. The van der Waals surface area contributed by atoms with Gasteiger partial charge in [-0.25, -0.2) is 4.98 Å². The van der Waals surface area contributed by atoms with Crippen LogP contribution in [0.15, 0.2) is 53.7 Å². The number of rotatable bonds is 8.